The van der Waals surface area contributed by atoms with Crippen molar-refractivity contribution in [3.05, 3.63) is 66.2 Å². The Morgan fingerprint density at radius 3 is 2.51 bits per heavy atom. The van der Waals surface area contributed by atoms with Gasteiger partial charge < -0.3 is 0 Å². The minimum absolute atomic E-state index is 0.0301. The summed E-state index contributed by atoms with van der Waals surface area (Å²) in [6, 6.07) is 19.2. The molecule has 2 aliphatic rings. The van der Waals surface area contributed by atoms with Crippen LogP contribution in [-0.4, -0.2) is 74.5 Å². The number of cyclic esters (lactones) is 1. The summed E-state index contributed by atoms with van der Waals surface area (Å²) in [6.07, 6.45) is 2.25. The van der Waals surface area contributed by atoms with Crippen LogP contribution in [0.2, 0.25) is 4.82 Å². The summed E-state index contributed by atoms with van der Waals surface area (Å²) in [7, 11) is 1.34. The molecule has 7 nitrogen and oxygen atoms in total. The molecule has 0 spiro atoms. The quantitative estimate of drug-likeness (QED) is 0.236. The SMILES string of the molecule is CCCCC[C@H](OCc1ccccc1)[C@@H]1OC(=O)N2[C@@H](CC(=O)OC)C[C@@H](O)[C@@H]([Se]c3ccccc3)[C@H]12. The van der Waals surface area contributed by atoms with Gasteiger partial charge >= 0.3 is 226 Å². The summed E-state index contributed by atoms with van der Waals surface area (Å²) >= 11 is -0.112. The van der Waals surface area contributed by atoms with Crippen LogP contribution in [0.4, 0.5) is 4.79 Å². The standard InChI is InChI=1S/C29H37NO6Se/c1-3-4-7-16-24(35-19-20-12-8-5-9-13-20)27-26-28(37-22-14-10-6-11-15-22)23(31)17-21(18-25(32)34-2)30(26)29(33)36-27/h5-6,8-15,21,23-24,26-28,31H,3-4,7,16-19H2,1-2H3/t21-,23-,24+,26+,27+,28-/m1/s1. The average molecular weight is 575 g/mol. The third-order valence-corrected chi connectivity index (χ3v) is 10.1. The first-order valence-corrected chi connectivity index (χ1v) is 15.0. The summed E-state index contributed by atoms with van der Waals surface area (Å²) in [5, 5.41) is 11.4. The van der Waals surface area contributed by atoms with Gasteiger partial charge in [-0.05, 0) is 0 Å². The van der Waals surface area contributed by atoms with Crippen molar-refractivity contribution >= 4 is 31.5 Å². The zero-order chi connectivity index (χ0) is 26.2. The van der Waals surface area contributed by atoms with Crippen molar-refractivity contribution in [2.45, 2.75) is 87.3 Å². The molecule has 0 radical (unpaired) electrons. The predicted molar refractivity (Wildman–Crippen MR) is 142 cm³/mol. The Balaban J connectivity index is 1.63. The first-order valence-electron chi connectivity index (χ1n) is 13.1. The molecule has 0 saturated carbocycles. The number of hydrogen-bond acceptors (Lipinski definition) is 6. The van der Waals surface area contributed by atoms with E-state index in [0.717, 1.165) is 35.7 Å². The summed E-state index contributed by atoms with van der Waals surface area (Å²) in [4.78, 5) is 27.1. The zero-order valence-corrected chi connectivity index (χ0v) is 23.2. The number of ether oxygens (including phenoxy) is 3. The molecule has 1 N–H and O–H groups in total. The molecule has 2 fully saturated rings. The number of nitrogens with zero attached hydrogens (tertiary/aromatic N) is 1. The van der Waals surface area contributed by atoms with Gasteiger partial charge in [-0.1, -0.05) is 0 Å². The van der Waals surface area contributed by atoms with E-state index in [-0.39, 0.29) is 38.3 Å². The molecule has 6 atom stereocenters. The maximum atomic E-state index is 13.3. The van der Waals surface area contributed by atoms with Crippen molar-refractivity contribution in [3.63, 3.8) is 0 Å². The van der Waals surface area contributed by atoms with Gasteiger partial charge in [-0.2, -0.15) is 0 Å². The van der Waals surface area contributed by atoms with Crippen LogP contribution in [0.3, 0.4) is 0 Å². The first kappa shape index (κ1) is 27.6. The average Bonchev–Trinajstić information content (AvgIpc) is 3.26. The van der Waals surface area contributed by atoms with Crippen LogP contribution < -0.4 is 4.46 Å². The van der Waals surface area contributed by atoms with E-state index in [2.05, 4.69) is 19.1 Å². The number of methoxy groups -OCH3 is 1. The van der Waals surface area contributed by atoms with E-state index in [0.29, 0.717) is 13.0 Å². The number of aliphatic hydroxyl groups excluding tert-OH is 1. The van der Waals surface area contributed by atoms with E-state index in [4.69, 9.17) is 14.2 Å². The second kappa shape index (κ2) is 13.4. The molecule has 2 aliphatic heterocycles. The molecule has 2 aromatic rings. The third-order valence-electron chi connectivity index (χ3n) is 7.14. The van der Waals surface area contributed by atoms with Crippen molar-refractivity contribution < 1.29 is 28.9 Å². The van der Waals surface area contributed by atoms with Gasteiger partial charge in [-0.3, -0.25) is 0 Å². The van der Waals surface area contributed by atoms with Gasteiger partial charge in [-0.15, -0.1) is 0 Å². The van der Waals surface area contributed by atoms with E-state index < -0.39 is 30.3 Å². The molecule has 2 heterocycles. The van der Waals surface area contributed by atoms with E-state index in [1.54, 1.807) is 4.90 Å². The molecule has 0 aliphatic carbocycles. The van der Waals surface area contributed by atoms with Crippen LogP contribution in [0.15, 0.2) is 60.7 Å². The Morgan fingerprint density at radius 2 is 1.84 bits per heavy atom. The number of amides is 1. The Bertz CT molecular complexity index is 1010. The normalized spacial score (nSPS) is 25.9. The van der Waals surface area contributed by atoms with Crippen LogP contribution in [0, 0.1) is 0 Å². The van der Waals surface area contributed by atoms with Crippen LogP contribution in [0.1, 0.15) is 51.0 Å². The van der Waals surface area contributed by atoms with E-state index in [9.17, 15) is 14.7 Å². The molecule has 8 heteroatoms. The molecule has 2 saturated heterocycles. The van der Waals surface area contributed by atoms with Crippen LogP contribution >= 0.6 is 0 Å². The monoisotopic (exact) mass is 575 g/mol. The number of rotatable bonds is 12. The predicted octanol–water partition coefficient (Wildman–Crippen LogP) is 3.86. The van der Waals surface area contributed by atoms with Gasteiger partial charge in [0.25, 0.3) is 0 Å². The van der Waals surface area contributed by atoms with Gasteiger partial charge in [0, 0.05) is 0 Å². The summed E-state index contributed by atoms with van der Waals surface area (Å²) in [6.45, 7) is 2.57. The van der Waals surface area contributed by atoms with Gasteiger partial charge in [0.2, 0.25) is 0 Å². The number of aliphatic hydroxyl groups is 1. The van der Waals surface area contributed by atoms with Gasteiger partial charge in [0.15, 0.2) is 0 Å². The molecule has 0 bridgehead atoms. The number of fused-ring (bicyclic) bond motifs is 1. The number of esters is 1. The number of unbranched alkanes of at least 4 members (excludes halogenated alkanes) is 2. The Labute approximate surface area is 225 Å². The fraction of sp³-hybridized carbons (Fsp3) is 0.517. The third kappa shape index (κ3) is 6.93. The number of carbonyl (C=O) groups is 2. The van der Waals surface area contributed by atoms with Gasteiger partial charge in [-0.25, -0.2) is 0 Å². The van der Waals surface area contributed by atoms with Crippen molar-refractivity contribution in [1.82, 2.24) is 4.90 Å². The van der Waals surface area contributed by atoms with Crippen molar-refractivity contribution in [2.24, 2.45) is 0 Å². The van der Waals surface area contributed by atoms with E-state index in [1.807, 2.05) is 48.5 Å². The molecule has 200 valence electrons. The second-order valence-electron chi connectivity index (χ2n) is 9.71. The van der Waals surface area contributed by atoms with Gasteiger partial charge in [0.05, 0.1) is 0 Å². The molecule has 1 amide bonds. The van der Waals surface area contributed by atoms with E-state index >= 15 is 0 Å². The van der Waals surface area contributed by atoms with E-state index in [1.165, 1.54) is 7.11 Å². The maximum absolute atomic E-state index is 13.3. The van der Waals surface area contributed by atoms with Gasteiger partial charge in [0.1, 0.15) is 0 Å². The first-order chi connectivity index (χ1) is 18.0. The molecule has 4 rings (SSSR count). The molecule has 2 aromatic carbocycles. The zero-order valence-electron chi connectivity index (χ0n) is 21.5. The summed E-state index contributed by atoms with van der Waals surface area (Å²) < 4.78 is 18.6. The van der Waals surface area contributed by atoms with Crippen molar-refractivity contribution in [3.8, 4) is 0 Å². The molecular formula is C29H37NO6Se. The van der Waals surface area contributed by atoms with Crippen LogP contribution in [0.5, 0.6) is 0 Å². The molecule has 0 unspecified atom stereocenters. The van der Waals surface area contributed by atoms with Crippen LogP contribution in [0.25, 0.3) is 0 Å². The Hall–Kier alpha value is -2.38. The minimum atomic E-state index is -0.668. The fourth-order valence-electron chi connectivity index (χ4n) is 5.29. The topological polar surface area (TPSA) is 85.3 Å². The van der Waals surface area contributed by atoms with Crippen molar-refractivity contribution in [2.75, 3.05) is 7.11 Å². The number of hydrogen-bond donors (Lipinski definition) is 1. The number of carbonyl (C=O) groups excluding carboxylic acids is 2. The van der Waals surface area contributed by atoms with Crippen LogP contribution in [-0.2, 0) is 25.6 Å². The molecule has 37 heavy (non-hydrogen) atoms. The Kier molecular flexibility index (Phi) is 10.0. The molecule has 0 aromatic heterocycles. The summed E-state index contributed by atoms with van der Waals surface area (Å²) in [5.74, 6) is -0.404. The van der Waals surface area contributed by atoms with Crippen molar-refractivity contribution in [1.29, 1.82) is 0 Å². The molecular weight excluding hydrogens is 537 g/mol. The number of piperidine rings is 1. The second-order valence-corrected chi connectivity index (χ2v) is 12.3. The Morgan fingerprint density at radius 1 is 1.14 bits per heavy atom. The summed E-state index contributed by atoms with van der Waals surface area (Å²) in [5.41, 5.74) is 1.06. The number of benzene rings is 2. The fourth-order valence-corrected chi connectivity index (χ4v) is 8.07.